The fraction of sp³-hybridized carbons (Fsp3) is 0.667. The van der Waals surface area contributed by atoms with Crippen molar-refractivity contribution in [3.8, 4) is 0 Å². The first-order chi connectivity index (χ1) is 5.02. The van der Waals surface area contributed by atoms with Crippen molar-refractivity contribution in [1.29, 1.82) is 0 Å². The summed E-state index contributed by atoms with van der Waals surface area (Å²) in [7, 11) is 0. The predicted octanol–water partition coefficient (Wildman–Crippen LogP) is -3.08. The van der Waals surface area contributed by atoms with Crippen molar-refractivity contribution in [3.05, 3.63) is 0 Å². The van der Waals surface area contributed by atoms with E-state index in [1.54, 1.807) is 0 Å². The first-order valence-corrected chi connectivity index (χ1v) is 8.58. The van der Waals surface area contributed by atoms with Crippen LogP contribution < -0.4 is 23.6 Å². The molecule has 0 aromatic rings. The normalized spacial score (nSPS) is 25.5. The van der Waals surface area contributed by atoms with Crippen LogP contribution in [0, 0.1) is 0 Å². The number of halogens is 1. The molecule has 3 nitrogen and oxygen atoms in total. The van der Waals surface area contributed by atoms with Crippen LogP contribution in [0.3, 0.4) is 0 Å². The Kier molecular flexibility index (Phi) is 2.48. The van der Waals surface area contributed by atoms with Gasteiger partial charge >= 0.3 is 76.1 Å². The summed E-state index contributed by atoms with van der Waals surface area (Å²) in [6, 6.07) is 0. The SMILES string of the molecule is C=S(=O)([I-]NC=O)C1(C)CC1. The van der Waals surface area contributed by atoms with Crippen LogP contribution in [0.15, 0.2) is 0 Å². The fourth-order valence-corrected chi connectivity index (χ4v) is 6.20. The minimum absolute atomic E-state index is 0.0592. The van der Waals surface area contributed by atoms with Crippen LogP contribution in [-0.2, 0) is 11.5 Å². The van der Waals surface area contributed by atoms with E-state index >= 15 is 0 Å². The molecule has 0 saturated heterocycles. The third-order valence-electron chi connectivity index (χ3n) is 1.90. The second-order valence-electron chi connectivity index (χ2n) is 2.85. The van der Waals surface area contributed by atoms with Crippen LogP contribution in [0.1, 0.15) is 19.8 Å². The molecular formula is C6H11INO2S-. The molecule has 1 atom stereocenters. The molecule has 66 valence electrons. The van der Waals surface area contributed by atoms with E-state index in [1.165, 1.54) is 0 Å². The molecule has 1 saturated carbocycles. The molecule has 0 bridgehead atoms. The number of amides is 1. The third-order valence-corrected chi connectivity index (χ3v) is 10.5. The minimum atomic E-state index is -1.98. The van der Waals surface area contributed by atoms with Gasteiger partial charge in [0.1, 0.15) is 0 Å². The van der Waals surface area contributed by atoms with Gasteiger partial charge in [0, 0.05) is 0 Å². The number of carbonyl (C=O) groups excluding carboxylic acids is 1. The van der Waals surface area contributed by atoms with Gasteiger partial charge in [-0.2, -0.15) is 0 Å². The Morgan fingerprint density at radius 1 is 1.73 bits per heavy atom. The van der Waals surface area contributed by atoms with Gasteiger partial charge in [-0.3, -0.25) is 0 Å². The van der Waals surface area contributed by atoms with Crippen molar-refractivity contribution < 1.29 is 29.1 Å². The van der Waals surface area contributed by atoms with Gasteiger partial charge in [-0.25, -0.2) is 0 Å². The van der Waals surface area contributed by atoms with Crippen molar-refractivity contribution >= 4 is 19.0 Å². The average molecular weight is 288 g/mol. The first-order valence-electron chi connectivity index (χ1n) is 3.23. The van der Waals surface area contributed by atoms with Crippen LogP contribution in [0.5, 0.6) is 0 Å². The second-order valence-corrected chi connectivity index (χ2v) is 11.4. The molecule has 1 fully saturated rings. The van der Waals surface area contributed by atoms with E-state index in [9.17, 15) is 9.00 Å². The van der Waals surface area contributed by atoms with E-state index in [0.717, 1.165) is 12.8 Å². The first kappa shape index (κ1) is 9.31. The Labute approximate surface area is 76.0 Å². The number of nitrogens with one attached hydrogen (secondary N) is 1. The molecular weight excluding hydrogens is 277 g/mol. The van der Waals surface area contributed by atoms with E-state index in [-0.39, 0.29) is 4.75 Å². The molecule has 0 radical (unpaired) electrons. The Hall–Kier alpha value is 0.220. The number of rotatable bonds is 4. The average Bonchev–Trinajstić information content (AvgIpc) is 2.65. The Bertz CT molecular complexity index is 256. The summed E-state index contributed by atoms with van der Waals surface area (Å²) in [6.45, 7) is -0.000444. The monoisotopic (exact) mass is 288 g/mol. The van der Waals surface area contributed by atoms with E-state index in [4.69, 9.17) is 0 Å². The molecule has 11 heavy (non-hydrogen) atoms. The summed E-state index contributed by atoms with van der Waals surface area (Å²) in [5, 5.41) is 0. The topological polar surface area (TPSA) is 46.2 Å². The van der Waals surface area contributed by atoms with Crippen LogP contribution >= 0.6 is 0 Å². The summed E-state index contributed by atoms with van der Waals surface area (Å²) >= 11 is -0.750. The zero-order valence-corrected chi connectivity index (χ0v) is 9.28. The molecule has 1 N–H and O–H groups in total. The van der Waals surface area contributed by atoms with Gasteiger partial charge in [0.05, 0.1) is 0 Å². The van der Waals surface area contributed by atoms with E-state index in [2.05, 4.69) is 9.40 Å². The van der Waals surface area contributed by atoms with E-state index in [1.807, 2.05) is 6.92 Å². The number of hydrogen-bond acceptors (Lipinski definition) is 2. The quantitative estimate of drug-likeness (QED) is 0.196. The van der Waals surface area contributed by atoms with Crippen LogP contribution in [-0.4, -0.2) is 21.2 Å². The van der Waals surface area contributed by atoms with Crippen molar-refractivity contribution in [2.24, 2.45) is 0 Å². The maximum atomic E-state index is 11.7. The van der Waals surface area contributed by atoms with E-state index in [0.29, 0.717) is 6.41 Å². The van der Waals surface area contributed by atoms with Crippen molar-refractivity contribution in [3.63, 3.8) is 0 Å². The molecule has 0 aromatic carbocycles. The number of hydrogen-bond donors (Lipinski definition) is 1. The molecule has 0 aromatic heterocycles. The predicted molar refractivity (Wildman–Crippen MR) is 42.1 cm³/mol. The van der Waals surface area contributed by atoms with Crippen LogP contribution in [0.25, 0.3) is 0 Å². The Morgan fingerprint density at radius 3 is 2.64 bits per heavy atom. The standard InChI is InChI=1S/C6H11INO2S/c1-6(3-4-6)11(2,10)7-8-5-9/h5H,2-4H2,1H3,(H,8,9)/q-1. The zero-order chi connectivity index (χ0) is 8.54. The van der Waals surface area contributed by atoms with Gasteiger partial charge in [0.15, 0.2) is 0 Å². The van der Waals surface area contributed by atoms with Gasteiger partial charge in [-0.1, -0.05) is 0 Å². The summed E-state index contributed by atoms with van der Waals surface area (Å²) in [5.74, 6) is 3.70. The molecule has 1 rings (SSSR count). The third kappa shape index (κ3) is 1.87. The molecule has 0 aliphatic heterocycles. The zero-order valence-electron chi connectivity index (χ0n) is 6.30. The van der Waals surface area contributed by atoms with Gasteiger partial charge in [0.25, 0.3) is 0 Å². The summed E-state index contributed by atoms with van der Waals surface area (Å²) in [6.07, 6.45) is 2.61. The van der Waals surface area contributed by atoms with Gasteiger partial charge in [-0.15, -0.1) is 0 Å². The molecule has 1 unspecified atom stereocenters. The number of carbonyl (C=O) groups is 1. The summed E-state index contributed by atoms with van der Waals surface area (Å²) in [5.41, 5.74) is 0. The molecule has 0 spiro atoms. The van der Waals surface area contributed by atoms with Crippen LogP contribution in [0.4, 0.5) is 0 Å². The molecule has 1 aliphatic carbocycles. The molecule has 0 heterocycles. The summed E-state index contributed by atoms with van der Waals surface area (Å²) in [4.78, 5) is 9.96. The van der Waals surface area contributed by atoms with Crippen molar-refractivity contribution in [1.82, 2.24) is 3.53 Å². The van der Waals surface area contributed by atoms with Gasteiger partial charge in [0.2, 0.25) is 0 Å². The second kappa shape index (κ2) is 2.93. The van der Waals surface area contributed by atoms with Crippen molar-refractivity contribution in [2.75, 3.05) is 0 Å². The molecule has 1 aliphatic rings. The molecule has 5 heteroatoms. The van der Waals surface area contributed by atoms with Gasteiger partial charge < -0.3 is 0 Å². The Balaban J connectivity index is 2.60. The van der Waals surface area contributed by atoms with Crippen molar-refractivity contribution in [2.45, 2.75) is 24.5 Å². The molecule has 1 amide bonds. The summed E-state index contributed by atoms with van der Waals surface area (Å²) < 4.78 is 14.2. The van der Waals surface area contributed by atoms with E-state index < -0.39 is 26.8 Å². The maximum absolute atomic E-state index is 11.7. The van der Waals surface area contributed by atoms with Crippen LogP contribution in [0.2, 0.25) is 0 Å². The van der Waals surface area contributed by atoms with Gasteiger partial charge in [-0.05, 0) is 0 Å². The fourth-order valence-electron chi connectivity index (χ4n) is 0.664. The Morgan fingerprint density at radius 2 is 2.27 bits per heavy atom.